The van der Waals surface area contributed by atoms with E-state index in [4.69, 9.17) is 0 Å². The predicted octanol–water partition coefficient (Wildman–Crippen LogP) is 4.19. The van der Waals surface area contributed by atoms with Gasteiger partial charge in [-0.15, -0.1) is 0 Å². The summed E-state index contributed by atoms with van der Waals surface area (Å²) in [4.78, 5) is 13.0. The summed E-state index contributed by atoms with van der Waals surface area (Å²) in [5, 5.41) is 4.80. The number of benzene rings is 3. The van der Waals surface area contributed by atoms with Gasteiger partial charge in [-0.2, -0.15) is 4.31 Å². The number of amides is 1. The standard InChI is InChI=1S/C23H24N2O3S/c1-17-8-11-21(12-9-17)24-23(26)20-7-4-14-25(16-20)29(27,28)22-13-10-18-5-2-3-6-19(18)15-22/h2-3,5-6,8-13,15,20H,4,7,14,16H2,1H3,(H,24,26)/t20-/m0/s1. The zero-order chi connectivity index (χ0) is 20.4. The third-order valence-corrected chi connectivity index (χ3v) is 7.29. The van der Waals surface area contributed by atoms with Crippen LogP contribution in [0.4, 0.5) is 5.69 Å². The Bertz CT molecular complexity index is 1140. The summed E-state index contributed by atoms with van der Waals surface area (Å²) in [7, 11) is -3.65. The van der Waals surface area contributed by atoms with Crippen LogP contribution in [0.3, 0.4) is 0 Å². The van der Waals surface area contributed by atoms with Crippen molar-refractivity contribution in [3.63, 3.8) is 0 Å². The fourth-order valence-corrected chi connectivity index (χ4v) is 5.29. The van der Waals surface area contributed by atoms with Crippen molar-refractivity contribution < 1.29 is 13.2 Å². The molecule has 0 unspecified atom stereocenters. The monoisotopic (exact) mass is 408 g/mol. The Morgan fingerprint density at radius 2 is 1.72 bits per heavy atom. The van der Waals surface area contributed by atoms with Crippen molar-refractivity contribution in [3.05, 3.63) is 72.3 Å². The Morgan fingerprint density at radius 3 is 2.48 bits per heavy atom. The lowest BCUT2D eigenvalue weighted by Gasteiger charge is -2.31. The van der Waals surface area contributed by atoms with Gasteiger partial charge in [-0.3, -0.25) is 4.79 Å². The maximum absolute atomic E-state index is 13.2. The van der Waals surface area contributed by atoms with Gasteiger partial charge in [0.25, 0.3) is 0 Å². The molecule has 3 aromatic carbocycles. The van der Waals surface area contributed by atoms with Gasteiger partial charge >= 0.3 is 0 Å². The molecule has 4 rings (SSSR count). The average molecular weight is 409 g/mol. The van der Waals surface area contributed by atoms with Gasteiger partial charge < -0.3 is 5.32 Å². The quantitative estimate of drug-likeness (QED) is 0.704. The summed E-state index contributed by atoms with van der Waals surface area (Å²) in [6, 6.07) is 20.5. The average Bonchev–Trinajstić information content (AvgIpc) is 2.75. The van der Waals surface area contributed by atoms with Crippen LogP contribution in [0, 0.1) is 12.8 Å². The molecule has 150 valence electrons. The van der Waals surface area contributed by atoms with E-state index in [2.05, 4.69) is 5.32 Å². The SMILES string of the molecule is Cc1ccc(NC(=O)[C@H]2CCCN(S(=O)(=O)c3ccc4ccccc4c3)C2)cc1. The Kier molecular flexibility index (Phi) is 5.39. The van der Waals surface area contributed by atoms with E-state index in [0.29, 0.717) is 19.4 Å². The maximum atomic E-state index is 13.2. The van der Waals surface area contributed by atoms with Gasteiger partial charge in [-0.1, -0.05) is 48.0 Å². The molecule has 0 spiro atoms. The van der Waals surface area contributed by atoms with Crippen molar-refractivity contribution in [3.8, 4) is 0 Å². The molecule has 0 saturated carbocycles. The molecule has 6 heteroatoms. The van der Waals surface area contributed by atoms with Crippen molar-refractivity contribution in [2.45, 2.75) is 24.7 Å². The molecule has 0 bridgehead atoms. The van der Waals surface area contributed by atoms with Crippen LogP contribution < -0.4 is 5.32 Å². The summed E-state index contributed by atoms with van der Waals surface area (Å²) < 4.78 is 27.8. The largest absolute Gasteiger partial charge is 0.326 e. The van der Waals surface area contributed by atoms with Crippen molar-refractivity contribution in [2.24, 2.45) is 5.92 Å². The van der Waals surface area contributed by atoms with Crippen molar-refractivity contribution in [2.75, 3.05) is 18.4 Å². The Hall–Kier alpha value is -2.70. The zero-order valence-corrected chi connectivity index (χ0v) is 17.2. The highest BCUT2D eigenvalue weighted by atomic mass is 32.2. The Morgan fingerprint density at radius 1 is 1.00 bits per heavy atom. The van der Waals surface area contributed by atoms with Crippen LogP contribution in [0.15, 0.2) is 71.6 Å². The maximum Gasteiger partial charge on any atom is 0.243 e. The van der Waals surface area contributed by atoms with E-state index in [9.17, 15) is 13.2 Å². The van der Waals surface area contributed by atoms with E-state index >= 15 is 0 Å². The molecule has 0 radical (unpaired) electrons. The fourth-order valence-electron chi connectivity index (χ4n) is 3.73. The number of rotatable bonds is 4. The molecule has 5 nitrogen and oxygen atoms in total. The first-order chi connectivity index (χ1) is 13.9. The molecule has 29 heavy (non-hydrogen) atoms. The highest BCUT2D eigenvalue weighted by Gasteiger charge is 2.33. The predicted molar refractivity (Wildman–Crippen MR) is 115 cm³/mol. The minimum Gasteiger partial charge on any atom is -0.326 e. The van der Waals surface area contributed by atoms with Gasteiger partial charge in [0, 0.05) is 18.8 Å². The van der Waals surface area contributed by atoms with Gasteiger partial charge in [-0.25, -0.2) is 8.42 Å². The second kappa shape index (κ2) is 7.97. The first-order valence-corrected chi connectivity index (χ1v) is 11.2. The number of hydrogen-bond donors (Lipinski definition) is 1. The number of hydrogen-bond acceptors (Lipinski definition) is 3. The zero-order valence-electron chi connectivity index (χ0n) is 16.3. The van der Waals surface area contributed by atoms with Gasteiger partial charge in [-0.05, 0) is 54.8 Å². The third kappa shape index (κ3) is 4.18. The number of fused-ring (bicyclic) bond motifs is 1. The summed E-state index contributed by atoms with van der Waals surface area (Å²) in [6.45, 7) is 2.62. The third-order valence-electron chi connectivity index (χ3n) is 5.43. The molecular formula is C23H24N2O3S. The Balaban J connectivity index is 1.51. The molecule has 0 aliphatic carbocycles. The normalized spacial score (nSPS) is 17.9. The molecule has 1 N–H and O–H groups in total. The van der Waals surface area contributed by atoms with Gasteiger partial charge in [0.15, 0.2) is 0 Å². The molecule has 0 aromatic heterocycles. The molecule has 1 aliphatic heterocycles. The lowest BCUT2D eigenvalue weighted by Crippen LogP contribution is -2.43. The summed E-state index contributed by atoms with van der Waals surface area (Å²) in [6.07, 6.45) is 1.35. The number of carbonyl (C=O) groups excluding carboxylic acids is 1. The molecule has 3 aromatic rings. The topological polar surface area (TPSA) is 66.5 Å². The van der Waals surface area contributed by atoms with Crippen LogP contribution in [0.1, 0.15) is 18.4 Å². The van der Waals surface area contributed by atoms with Crippen molar-refractivity contribution >= 4 is 32.4 Å². The molecule has 1 atom stereocenters. The molecule has 1 aliphatic rings. The molecule has 1 fully saturated rings. The number of piperidine rings is 1. The van der Waals surface area contributed by atoms with E-state index in [1.807, 2.05) is 61.5 Å². The van der Waals surface area contributed by atoms with Crippen LogP contribution in [-0.4, -0.2) is 31.7 Å². The number of carbonyl (C=O) groups is 1. The minimum absolute atomic E-state index is 0.132. The number of nitrogens with one attached hydrogen (secondary N) is 1. The fraction of sp³-hybridized carbons (Fsp3) is 0.261. The number of aryl methyl sites for hydroxylation is 1. The highest BCUT2D eigenvalue weighted by molar-refractivity contribution is 7.89. The second-order valence-corrected chi connectivity index (χ2v) is 9.50. The van der Waals surface area contributed by atoms with Crippen LogP contribution in [0.25, 0.3) is 10.8 Å². The lowest BCUT2D eigenvalue weighted by molar-refractivity contribution is -0.120. The van der Waals surface area contributed by atoms with Crippen LogP contribution in [0.5, 0.6) is 0 Å². The Labute approximate surface area is 171 Å². The van der Waals surface area contributed by atoms with Crippen LogP contribution >= 0.6 is 0 Å². The molecule has 1 amide bonds. The molecular weight excluding hydrogens is 384 g/mol. The van der Waals surface area contributed by atoms with E-state index in [0.717, 1.165) is 22.0 Å². The number of anilines is 1. The van der Waals surface area contributed by atoms with Gasteiger partial charge in [0.05, 0.1) is 10.8 Å². The number of sulfonamides is 1. The first kappa shape index (κ1) is 19.6. The van der Waals surface area contributed by atoms with Gasteiger partial charge in [0.1, 0.15) is 0 Å². The van der Waals surface area contributed by atoms with E-state index < -0.39 is 10.0 Å². The number of nitrogens with zero attached hydrogens (tertiary/aromatic N) is 1. The molecule has 1 saturated heterocycles. The van der Waals surface area contributed by atoms with E-state index in [1.54, 1.807) is 12.1 Å². The second-order valence-electron chi connectivity index (χ2n) is 7.57. The van der Waals surface area contributed by atoms with Crippen molar-refractivity contribution in [1.82, 2.24) is 4.31 Å². The van der Waals surface area contributed by atoms with Crippen molar-refractivity contribution in [1.29, 1.82) is 0 Å². The van der Waals surface area contributed by atoms with Crippen LogP contribution in [-0.2, 0) is 14.8 Å². The first-order valence-electron chi connectivity index (χ1n) is 9.80. The highest BCUT2D eigenvalue weighted by Crippen LogP contribution is 2.27. The minimum atomic E-state index is -3.65. The summed E-state index contributed by atoms with van der Waals surface area (Å²) >= 11 is 0. The van der Waals surface area contributed by atoms with E-state index in [-0.39, 0.29) is 23.3 Å². The lowest BCUT2D eigenvalue weighted by atomic mass is 9.98. The van der Waals surface area contributed by atoms with Crippen LogP contribution in [0.2, 0.25) is 0 Å². The molecule has 1 heterocycles. The van der Waals surface area contributed by atoms with E-state index in [1.165, 1.54) is 4.31 Å². The summed E-state index contributed by atoms with van der Waals surface area (Å²) in [5.74, 6) is -0.493. The summed E-state index contributed by atoms with van der Waals surface area (Å²) in [5.41, 5.74) is 1.85. The van der Waals surface area contributed by atoms with Gasteiger partial charge in [0.2, 0.25) is 15.9 Å². The smallest absolute Gasteiger partial charge is 0.243 e.